The highest BCUT2D eigenvalue weighted by Crippen LogP contribution is 2.40. The molecule has 10 heteroatoms. The molecule has 10 nitrogen and oxygen atoms in total. The summed E-state index contributed by atoms with van der Waals surface area (Å²) in [5.74, 6) is -0.922. The van der Waals surface area contributed by atoms with Gasteiger partial charge in [-0.25, -0.2) is 4.79 Å². The van der Waals surface area contributed by atoms with Crippen molar-refractivity contribution < 1.29 is 33.5 Å². The largest absolute Gasteiger partial charge is 0.493 e. The monoisotopic (exact) mass is 418 g/mol. The molecule has 1 N–H and O–H groups in total. The maximum atomic E-state index is 12.4. The van der Waals surface area contributed by atoms with Crippen LogP contribution in [-0.2, 0) is 9.53 Å². The predicted octanol–water partition coefficient (Wildman–Crippen LogP) is 3.03. The number of carbonyl (C=O) groups is 2. The van der Waals surface area contributed by atoms with E-state index in [2.05, 4.69) is 5.32 Å². The summed E-state index contributed by atoms with van der Waals surface area (Å²) in [5.41, 5.74) is 1.28. The first-order valence-corrected chi connectivity index (χ1v) is 8.75. The lowest BCUT2D eigenvalue weighted by atomic mass is 10.1. The SMILES string of the molecule is COc1ccc(C(=O)OCC(=O)Nc2cc(C)c(C)cc2[N+](=O)[O-])c(OC)c1OC. The first kappa shape index (κ1) is 22.5. The Labute approximate surface area is 172 Å². The molecule has 2 aromatic rings. The minimum absolute atomic E-state index is 0.0212. The van der Waals surface area contributed by atoms with E-state index in [0.29, 0.717) is 11.3 Å². The molecule has 0 atom stereocenters. The summed E-state index contributed by atoms with van der Waals surface area (Å²) < 4.78 is 20.6. The smallest absolute Gasteiger partial charge is 0.342 e. The summed E-state index contributed by atoms with van der Waals surface area (Å²) in [7, 11) is 4.17. The molecule has 0 fully saturated rings. The van der Waals surface area contributed by atoms with Gasteiger partial charge in [0, 0.05) is 6.07 Å². The van der Waals surface area contributed by atoms with E-state index in [1.165, 1.54) is 45.6 Å². The summed E-state index contributed by atoms with van der Waals surface area (Å²) >= 11 is 0. The van der Waals surface area contributed by atoms with Crippen LogP contribution in [0.1, 0.15) is 21.5 Å². The second-order valence-electron chi connectivity index (χ2n) is 6.22. The quantitative estimate of drug-likeness (QED) is 0.394. The number of nitrogens with one attached hydrogen (secondary N) is 1. The molecule has 0 radical (unpaired) electrons. The van der Waals surface area contributed by atoms with Crippen molar-refractivity contribution in [2.45, 2.75) is 13.8 Å². The summed E-state index contributed by atoms with van der Waals surface area (Å²) in [6.45, 7) is 2.84. The number of nitro benzene ring substituents is 1. The fraction of sp³-hybridized carbons (Fsp3) is 0.300. The van der Waals surface area contributed by atoms with Gasteiger partial charge >= 0.3 is 5.97 Å². The van der Waals surface area contributed by atoms with E-state index in [0.717, 1.165) is 5.56 Å². The van der Waals surface area contributed by atoms with Crippen LogP contribution in [0.5, 0.6) is 17.2 Å². The molecule has 0 bridgehead atoms. The number of amides is 1. The molecule has 0 aliphatic heterocycles. The topological polar surface area (TPSA) is 126 Å². The van der Waals surface area contributed by atoms with Crippen molar-refractivity contribution in [3.05, 3.63) is 51.1 Å². The van der Waals surface area contributed by atoms with Crippen LogP contribution in [0.3, 0.4) is 0 Å². The molecule has 2 rings (SSSR count). The summed E-state index contributed by atoms with van der Waals surface area (Å²) in [5, 5.41) is 13.6. The number of aryl methyl sites for hydroxylation is 2. The maximum Gasteiger partial charge on any atom is 0.342 e. The van der Waals surface area contributed by atoms with E-state index in [1.807, 2.05) is 0 Å². The Hall–Kier alpha value is -3.82. The van der Waals surface area contributed by atoms with E-state index in [4.69, 9.17) is 18.9 Å². The normalized spacial score (nSPS) is 10.2. The minimum atomic E-state index is -0.836. The van der Waals surface area contributed by atoms with E-state index in [9.17, 15) is 19.7 Å². The fourth-order valence-corrected chi connectivity index (χ4v) is 2.71. The number of rotatable bonds is 8. The molecular weight excluding hydrogens is 396 g/mol. The van der Waals surface area contributed by atoms with Crippen LogP contribution >= 0.6 is 0 Å². The Bertz CT molecular complexity index is 987. The molecule has 0 aliphatic carbocycles. The predicted molar refractivity (Wildman–Crippen MR) is 108 cm³/mol. The van der Waals surface area contributed by atoms with E-state index in [1.54, 1.807) is 13.8 Å². The molecule has 160 valence electrons. The average Bonchev–Trinajstić information content (AvgIpc) is 2.72. The van der Waals surface area contributed by atoms with Crippen molar-refractivity contribution in [2.75, 3.05) is 33.3 Å². The summed E-state index contributed by atoms with van der Waals surface area (Å²) in [6.07, 6.45) is 0. The Balaban J connectivity index is 2.15. The average molecular weight is 418 g/mol. The highest BCUT2D eigenvalue weighted by Gasteiger charge is 2.23. The maximum absolute atomic E-state index is 12.4. The van der Waals surface area contributed by atoms with Gasteiger partial charge in [0.15, 0.2) is 18.1 Å². The number of hydrogen-bond donors (Lipinski definition) is 1. The molecular formula is C20H22N2O8. The standard InChI is InChI=1S/C20H22N2O8/c1-11-8-14(15(22(25)26)9-12(11)2)21-17(23)10-30-20(24)13-6-7-16(27-3)19(29-5)18(13)28-4/h6-9H,10H2,1-5H3,(H,21,23). The van der Waals surface area contributed by atoms with Crippen LogP contribution in [0.2, 0.25) is 0 Å². The Morgan fingerprint density at radius 2 is 1.63 bits per heavy atom. The molecule has 0 spiro atoms. The van der Waals surface area contributed by atoms with Crippen molar-refractivity contribution in [1.29, 1.82) is 0 Å². The molecule has 1 amide bonds. The summed E-state index contributed by atoms with van der Waals surface area (Å²) in [4.78, 5) is 35.3. The molecule has 2 aromatic carbocycles. The first-order valence-electron chi connectivity index (χ1n) is 8.75. The first-order chi connectivity index (χ1) is 14.2. The number of benzene rings is 2. The van der Waals surface area contributed by atoms with Crippen molar-refractivity contribution in [2.24, 2.45) is 0 Å². The van der Waals surface area contributed by atoms with Crippen molar-refractivity contribution in [3.8, 4) is 17.2 Å². The molecule has 0 heterocycles. The number of ether oxygens (including phenoxy) is 4. The zero-order valence-electron chi connectivity index (χ0n) is 17.2. The molecule has 30 heavy (non-hydrogen) atoms. The van der Waals surface area contributed by atoms with Gasteiger partial charge < -0.3 is 24.3 Å². The Morgan fingerprint density at radius 1 is 1.00 bits per heavy atom. The minimum Gasteiger partial charge on any atom is -0.493 e. The molecule has 0 saturated carbocycles. The van der Waals surface area contributed by atoms with Crippen LogP contribution in [-0.4, -0.2) is 44.7 Å². The van der Waals surface area contributed by atoms with Crippen molar-refractivity contribution in [3.63, 3.8) is 0 Å². The fourth-order valence-electron chi connectivity index (χ4n) is 2.71. The zero-order chi connectivity index (χ0) is 22.4. The molecule has 0 saturated heterocycles. The number of hydrogen-bond acceptors (Lipinski definition) is 8. The highest BCUT2D eigenvalue weighted by molar-refractivity contribution is 5.98. The van der Waals surface area contributed by atoms with Crippen molar-refractivity contribution in [1.82, 2.24) is 0 Å². The Morgan fingerprint density at radius 3 is 2.20 bits per heavy atom. The lowest BCUT2D eigenvalue weighted by molar-refractivity contribution is -0.384. The van der Waals surface area contributed by atoms with Gasteiger partial charge in [-0.3, -0.25) is 14.9 Å². The van der Waals surface area contributed by atoms with Gasteiger partial charge in [0.2, 0.25) is 5.75 Å². The molecule has 0 unspecified atom stereocenters. The number of methoxy groups -OCH3 is 3. The zero-order valence-corrected chi connectivity index (χ0v) is 17.2. The van der Waals surface area contributed by atoms with Gasteiger partial charge in [-0.05, 0) is 43.2 Å². The Kier molecular flexibility index (Phi) is 7.18. The van der Waals surface area contributed by atoms with Crippen LogP contribution in [0, 0.1) is 24.0 Å². The lowest BCUT2D eigenvalue weighted by Crippen LogP contribution is -2.22. The highest BCUT2D eigenvalue weighted by atomic mass is 16.6. The van der Waals surface area contributed by atoms with E-state index < -0.39 is 23.4 Å². The van der Waals surface area contributed by atoms with Crippen molar-refractivity contribution >= 4 is 23.3 Å². The molecule has 0 aliphatic rings. The van der Waals surface area contributed by atoms with Gasteiger partial charge in [-0.2, -0.15) is 0 Å². The lowest BCUT2D eigenvalue weighted by Gasteiger charge is -2.15. The van der Waals surface area contributed by atoms with Gasteiger partial charge in [0.1, 0.15) is 11.3 Å². The van der Waals surface area contributed by atoms with Gasteiger partial charge in [0.05, 0.1) is 26.3 Å². The second kappa shape index (κ2) is 9.59. The second-order valence-corrected chi connectivity index (χ2v) is 6.22. The van der Waals surface area contributed by atoms with Crippen LogP contribution < -0.4 is 19.5 Å². The van der Waals surface area contributed by atoms with E-state index in [-0.39, 0.29) is 28.4 Å². The number of esters is 1. The van der Waals surface area contributed by atoms with Crippen LogP contribution in [0.25, 0.3) is 0 Å². The third-order valence-electron chi connectivity index (χ3n) is 4.34. The van der Waals surface area contributed by atoms with Crippen LogP contribution in [0.4, 0.5) is 11.4 Å². The third kappa shape index (κ3) is 4.77. The third-order valence-corrected chi connectivity index (χ3v) is 4.34. The van der Waals surface area contributed by atoms with E-state index >= 15 is 0 Å². The number of anilines is 1. The summed E-state index contributed by atoms with van der Waals surface area (Å²) in [6, 6.07) is 5.76. The number of nitrogens with zero attached hydrogens (tertiary/aromatic N) is 1. The van der Waals surface area contributed by atoms with Gasteiger partial charge in [0.25, 0.3) is 11.6 Å². The number of carbonyl (C=O) groups excluding carboxylic acids is 2. The van der Waals surface area contributed by atoms with Crippen LogP contribution in [0.15, 0.2) is 24.3 Å². The van der Waals surface area contributed by atoms with Gasteiger partial charge in [-0.1, -0.05) is 0 Å². The van der Waals surface area contributed by atoms with Gasteiger partial charge in [-0.15, -0.1) is 0 Å². The number of nitro groups is 1. The molecule has 0 aromatic heterocycles.